The van der Waals surface area contributed by atoms with Crippen LogP contribution in [0, 0.1) is 5.92 Å². The third-order valence-electron chi connectivity index (χ3n) is 4.68. The van der Waals surface area contributed by atoms with E-state index in [1.165, 1.54) is 51.4 Å². The summed E-state index contributed by atoms with van der Waals surface area (Å²) in [6.45, 7) is 3.88. The summed E-state index contributed by atoms with van der Waals surface area (Å²) < 4.78 is 0. The summed E-state index contributed by atoms with van der Waals surface area (Å²) in [5, 5.41) is 6.51. The molecular weight excluding hydrogens is 260 g/mol. The third kappa shape index (κ3) is 4.96. The van der Waals surface area contributed by atoms with Crippen molar-refractivity contribution < 1.29 is 4.79 Å². The molecule has 112 valence electrons. The summed E-state index contributed by atoms with van der Waals surface area (Å²) in [6.07, 6.45) is 11.4. The first-order valence-corrected chi connectivity index (χ1v) is 7.74. The second-order valence-corrected chi connectivity index (χ2v) is 6.26. The molecule has 2 fully saturated rings. The predicted molar refractivity (Wildman–Crippen MR) is 81.7 cm³/mol. The summed E-state index contributed by atoms with van der Waals surface area (Å²) in [6, 6.07) is 0. The Kier molecular flexibility index (Phi) is 7.16. The van der Waals surface area contributed by atoms with E-state index in [1.807, 2.05) is 6.92 Å². The topological polar surface area (TPSA) is 41.1 Å². The van der Waals surface area contributed by atoms with Crippen molar-refractivity contribution in [2.75, 3.05) is 13.1 Å². The lowest BCUT2D eigenvalue weighted by molar-refractivity contribution is -0.128. The Balaban J connectivity index is 0.00000180. The number of amides is 1. The summed E-state index contributed by atoms with van der Waals surface area (Å²) in [4.78, 5) is 12.2. The van der Waals surface area contributed by atoms with Crippen LogP contribution in [0.4, 0.5) is 0 Å². The quantitative estimate of drug-likeness (QED) is 0.835. The molecule has 1 saturated heterocycles. The van der Waals surface area contributed by atoms with Crippen molar-refractivity contribution in [2.24, 2.45) is 5.92 Å². The molecule has 4 heteroatoms. The highest BCUT2D eigenvalue weighted by molar-refractivity contribution is 5.86. The van der Waals surface area contributed by atoms with E-state index in [2.05, 4.69) is 10.6 Å². The largest absolute Gasteiger partial charge is 0.354 e. The number of carbonyl (C=O) groups excluding carboxylic acids is 1. The van der Waals surface area contributed by atoms with Gasteiger partial charge in [-0.15, -0.1) is 12.4 Å². The van der Waals surface area contributed by atoms with Crippen LogP contribution in [0.2, 0.25) is 0 Å². The molecule has 2 N–H and O–H groups in total. The molecule has 1 aliphatic carbocycles. The van der Waals surface area contributed by atoms with Crippen molar-refractivity contribution in [2.45, 2.75) is 70.3 Å². The van der Waals surface area contributed by atoms with E-state index in [-0.39, 0.29) is 23.9 Å². The summed E-state index contributed by atoms with van der Waals surface area (Å²) in [5.41, 5.74) is -0.315. The van der Waals surface area contributed by atoms with Crippen LogP contribution in [0.1, 0.15) is 64.7 Å². The number of rotatable bonds is 4. The Bertz CT molecular complexity index is 271. The van der Waals surface area contributed by atoms with E-state index >= 15 is 0 Å². The molecule has 1 heterocycles. The number of halogens is 1. The Morgan fingerprint density at radius 3 is 2.58 bits per heavy atom. The highest BCUT2D eigenvalue weighted by Crippen LogP contribution is 2.26. The molecule has 19 heavy (non-hydrogen) atoms. The van der Waals surface area contributed by atoms with Crippen molar-refractivity contribution in [3.63, 3.8) is 0 Å². The lowest BCUT2D eigenvalue weighted by Crippen LogP contribution is -2.57. The van der Waals surface area contributed by atoms with E-state index in [4.69, 9.17) is 0 Å². The van der Waals surface area contributed by atoms with Crippen LogP contribution in [-0.2, 0) is 4.79 Å². The molecule has 2 aliphatic rings. The molecule has 0 spiro atoms. The maximum absolute atomic E-state index is 12.2. The van der Waals surface area contributed by atoms with E-state index in [1.54, 1.807) is 0 Å². The van der Waals surface area contributed by atoms with Gasteiger partial charge in [0.25, 0.3) is 0 Å². The van der Waals surface area contributed by atoms with Crippen LogP contribution in [0.5, 0.6) is 0 Å². The van der Waals surface area contributed by atoms with Gasteiger partial charge >= 0.3 is 0 Å². The Morgan fingerprint density at radius 2 is 1.95 bits per heavy atom. The third-order valence-corrected chi connectivity index (χ3v) is 4.68. The van der Waals surface area contributed by atoms with Gasteiger partial charge in [-0.3, -0.25) is 4.79 Å². The Morgan fingerprint density at radius 1 is 1.21 bits per heavy atom. The smallest absolute Gasteiger partial charge is 0.240 e. The summed E-state index contributed by atoms with van der Waals surface area (Å²) >= 11 is 0. The first kappa shape index (κ1) is 16.8. The summed E-state index contributed by atoms with van der Waals surface area (Å²) in [7, 11) is 0. The van der Waals surface area contributed by atoms with Gasteiger partial charge in [0.05, 0.1) is 5.54 Å². The predicted octanol–water partition coefficient (Wildman–Crippen LogP) is 3.03. The lowest BCUT2D eigenvalue weighted by atomic mass is 9.86. The highest BCUT2D eigenvalue weighted by Gasteiger charge is 2.33. The average molecular weight is 289 g/mol. The molecule has 0 bridgehead atoms. The van der Waals surface area contributed by atoms with Crippen molar-refractivity contribution in [1.82, 2.24) is 10.6 Å². The van der Waals surface area contributed by atoms with Crippen molar-refractivity contribution in [3.05, 3.63) is 0 Å². The van der Waals surface area contributed by atoms with Crippen molar-refractivity contribution in [1.29, 1.82) is 0 Å². The average Bonchev–Trinajstić information content (AvgIpc) is 2.41. The zero-order valence-corrected chi connectivity index (χ0v) is 13.0. The maximum atomic E-state index is 12.2. The van der Waals surface area contributed by atoms with Gasteiger partial charge in [-0.2, -0.15) is 0 Å². The monoisotopic (exact) mass is 288 g/mol. The van der Waals surface area contributed by atoms with Crippen LogP contribution in [0.15, 0.2) is 0 Å². The molecule has 1 unspecified atom stereocenters. The minimum absolute atomic E-state index is 0. The van der Waals surface area contributed by atoms with Gasteiger partial charge in [0, 0.05) is 6.54 Å². The van der Waals surface area contributed by atoms with Gasteiger partial charge in [-0.25, -0.2) is 0 Å². The van der Waals surface area contributed by atoms with Gasteiger partial charge in [0.2, 0.25) is 5.91 Å². The fraction of sp³-hybridized carbons (Fsp3) is 0.933. The lowest BCUT2D eigenvalue weighted by Gasteiger charge is -2.33. The number of carbonyl (C=O) groups is 1. The van der Waals surface area contributed by atoms with Crippen LogP contribution >= 0.6 is 12.4 Å². The number of nitrogens with one attached hydrogen (secondary N) is 2. The zero-order valence-electron chi connectivity index (χ0n) is 12.2. The Labute approximate surface area is 123 Å². The van der Waals surface area contributed by atoms with E-state index in [9.17, 15) is 4.79 Å². The maximum Gasteiger partial charge on any atom is 0.240 e. The van der Waals surface area contributed by atoms with Gasteiger partial charge < -0.3 is 10.6 Å². The minimum Gasteiger partial charge on any atom is -0.354 e. The molecule has 1 aliphatic heterocycles. The molecule has 0 aromatic heterocycles. The first-order valence-electron chi connectivity index (χ1n) is 7.74. The van der Waals surface area contributed by atoms with E-state index in [0.29, 0.717) is 0 Å². The second kappa shape index (κ2) is 8.11. The van der Waals surface area contributed by atoms with Crippen LogP contribution in [-0.4, -0.2) is 24.5 Å². The second-order valence-electron chi connectivity index (χ2n) is 6.26. The number of piperidine rings is 1. The van der Waals surface area contributed by atoms with Gasteiger partial charge in [0.1, 0.15) is 0 Å². The van der Waals surface area contributed by atoms with Crippen LogP contribution in [0.3, 0.4) is 0 Å². The van der Waals surface area contributed by atoms with Crippen LogP contribution < -0.4 is 10.6 Å². The summed E-state index contributed by atoms with van der Waals surface area (Å²) in [5.74, 6) is 1.06. The molecule has 1 atom stereocenters. The first-order chi connectivity index (χ1) is 8.71. The number of hydrogen-bond donors (Lipinski definition) is 2. The fourth-order valence-electron chi connectivity index (χ4n) is 3.31. The molecule has 1 amide bonds. The van der Waals surface area contributed by atoms with E-state index in [0.717, 1.165) is 25.4 Å². The van der Waals surface area contributed by atoms with E-state index < -0.39 is 0 Å². The van der Waals surface area contributed by atoms with Gasteiger partial charge in [-0.05, 0) is 45.1 Å². The van der Waals surface area contributed by atoms with Gasteiger partial charge in [0.15, 0.2) is 0 Å². The minimum atomic E-state index is -0.315. The molecule has 2 rings (SSSR count). The molecule has 0 radical (unpaired) electrons. The molecule has 3 nitrogen and oxygen atoms in total. The SMILES string of the molecule is CC1(C(=O)NCCC2CCCCC2)CCCCN1.Cl. The normalized spacial score (nSPS) is 28.5. The zero-order chi connectivity index (χ0) is 12.8. The van der Waals surface area contributed by atoms with Crippen molar-refractivity contribution in [3.8, 4) is 0 Å². The highest BCUT2D eigenvalue weighted by atomic mass is 35.5. The molecule has 0 aromatic carbocycles. The molecule has 1 saturated carbocycles. The fourth-order valence-corrected chi connectivity index (χ4v) is 3.31. The number of hydrogen-bond acceptors (Lipinski definition) is 2. The van der Waals surface area contributed by atoms with Crippen LogP contribution in [0.25, 0.3) is 0 Å². The standard InChI is InChI=1S/C15H28N2O.ClH/c1-15(10-5-6-11-17-15)14(18)16-12-9-13-7-3-2-4-8-13;/h13,17H,2-12H2,1H3,(H,16,18);1H. The van der Waals surface area contributed by atoms with Gasteiger partial charge in [-0.1, -0.05) is 32.1 Å². The van der Waals surface area contributed by atoms with Crippen molar-refractivity contribution >= 4 is 18.3 Å². The molecule has 0 aromatic rings. The Hall–Kier alpha value is -0.280. The molecular formula is C15H29ClN2O.